The van der Waals surface area contributed by atoms with Gasteiger partial charge in [0.05, 0.1) is 6.10 Å². The second-order valence-electron chi connectivity index (χ2n) is 5.17. The molecule has 18 heavy (non-hydrogen) atoms. The summed E-state index contributed by atoms with van der Waals surface area (Å²) in [5, 5.41) is 14.6. The van der Waals surface area contributed by atoms with Crippen LogP contribution in [0.25, 0.3) is 0 Å². The van der Waals surface area contributed by atoms with Crippen molar-refractivity contribution in [2.45, 2.75) is 32.3 Å². The largest absolute Gasteiger partial charge is 0.387 e. The summed E-state index contributed by atoms with van der Waals surface area (Å²) in [5.41, 5.74) is 1.18. The quantitative estimate of drug-likeness (QED) is 0.834. The second kappa shape index (κ2) is 5.79. The molecular formula is C14H19Cl2NO. The Kier molecular flexibility index (Phi) is 4.54. The molecule has 1 aliphatic carbocycles. The average Bonchev–Trinajstić information content (AvgIpc) is 3.13. The molecule has 0 radical (unpaired) electrons. The summed E-state index contributed by atoms with van der Waals surface area (Å²) >= 11 is 12.0. The van der Waals surface area contributed by atoms with Gasteiger partial charge in [-0.1, -0.05) is 30.1 Å². The van der Waals surface area contributed by atoms with Gasteiger partial charge in [-0.05, 0) is 42.9 Å². The molecule has 0 heterocycles. The Hall–Kier alpha value is -0.280. The van der Waals surface area contributed by atoms with Gasteiger partial charge in [0.2, 0.25) is 0 Å². The molecule has 0 aliphatic heterocycles. The predicted molar refractivity (Wildman–Crippen MR) is 76.2 cm³/mol. The van der Waals surface area contributed by atoms with Gasteiger partial charge in [0, 0.05) is 28.7 Å². The third-order valence-electron chi connectivity index (χ3n) is 3.86. The maximum Gasteiger partial charge on any atom is 0.0929 e. The fourth-order valence-corrected chi connectivity index (χ4v) is 2.61. The Morgan fingerprint density at radius 1 is 1.39 bits per heavy atom. The first kappa shape index (κ1) is 14.1. The number of aliphatic hydroxyl groups excluding tert-OH is 1. The number of nitrogens with one attached hydrogen (secondary N) is 1. The van der Waals surface area contributed by atoms with E-state index in [-0.39, 0.29) is 0 Å². The monoisotopic (exact) mass is 287 g/mol. The molecule has 1 atom stereocenters. The third-order valence-corrected chi connectivity index (χ3v) is 4.44. The van der Waals surface area contributed by atoms with Crippen molar-refractivity contribution in [1.29, 1.82) is 0 Å². The van der Waals surface area contributed by atoms with Gasteiger partial charge in [0.15, 0.2) is 0 Å². The molecule has 100 valence electrons. The number of rotatable bonds is 6. The van der Waals surface area contributed by atoms with Crippen molar-refractivity contribution in [2.75, 3.05) is 13.1 Å². The SMILES string of the molecule is CCC1(CNCC(O)c2cc(Cl)ccc2Cl)CC1. The first-order valence-electron chi connectivity index (χ1n) is 6.40. The maximum atomic E-state index is 10.1. The molecule has 2 nitrogen and oxygen atoms in total. The lowest BCUT2D eigenvalue weighted by atomic mass is 10.0. The molecule has 2 N–H and O–H groups in total. The molecule has 1 aliphatic rings. The molecule has 0 saturated heterocycles. The maximum absolute atomic E-state index is 10.1. The molecule has 0 bridgehead atoms. The number of hydrogen-bond donors (Lipinski definition) is 2. The first-order chi connectivity index (χ1) is 8.56. The Bertz CT molecular complexity index is 418. The highest BCUT2D eigenvalue weighted by Crippen LogP contribution is 2.47. The highest BCUT2D eigenvalue weighted by molar-refractivity contribution is 6.33. The lowest BCUT2D eigenvalue weighted by Crippen LogP contribution is -2.28. The molecule has 0 aromatic heterocycles. The number of aliphatic hydroxyl groups is 1. The molecule has 1 aromatic carbocycles. The Morgan fingerprint density at radius 3 is 2.72 bits per heavy atom. The lowest BCUT2D eigenvalue weighted by molar-refractivity contribution is 0.172. The van der Waals surface area contributed by atoms with E-state index in [9.17, 15) is 5.11 Å². The molecule has 2 rings (SSSR count). The molecule has 4 heteroatoms. The summed E-state index contributed by atoms with van der Waals surface area (Å²) in [6.45, 7) is 3.71. The van der Waals surface area contributed by atoms with E-state index in [1.165, 1.54) is 19.3 Å². The van der Waals surface area contributed by atoms with E-state index in [0.29, 0.717) is 27.6 Å². The average molecular weight is 288 g/mol. The molecule has 0 spiro atoms. The van der Waals surface area contributed by atoms with Crippen LogP contribution in [0.15, 0.2) is 18.2 Å². The summed E-state index contributed by atoms with van der Waals surface area (Å²) in [7, 11) is 0. The van der Waals surface area contributed by atoms with Crippen molar-refractivity contribution >= 4 is 23.2 Å². The van der Waals surface area contributed by atoms with Crippen molar-refractivity contribution in [1.82, 2.24) is 5.32 Å². The normalized spacial score (nSPS) is 18.7. The van der Waals surface area contributed by atoms with Gasteiger partial charge in [-0.25, -0.2) is 0 Å². The first-order valence-corrected chi connectivity index (χ1v) is 7.16. The van der Waals surface area contributed by atoms with Crippen LogP contribution in [-0.4, -0.2) is 18.2 Å². The van der Waals surface area contributed by atoms with Crippen LogP contribution < -0.4 is 5.32 Å². The topological polar surface area (TPSA) is 32.3 Å². The summed E-state index contributed by atoms with van der Waals surface area (Å²) < 4.78 is 0. The fourth-order valence-electron chi connectivity index (χ4n) is 2.19. The molecule has 1 unspecified atom stereocenters. The van der Waals surface area contributed by atoms with E-state index in [1.54, 1.807) is 18.2 Å². The molecule has 1 fully saturated rings. The molecule has 0 amide bonds. The van der Waals surface area contributed by atoms with Gasteiger partial charge < -0.3 is 10.4 Å². The van der Waals surface area contributed by atoms with Gasteiger partial charge in [-0.15, -0.1) is 0 Å². The van der Waals surface area contributed by atoms with Gasteiger partial charge >= 0.3 is 0 Å². The number of hydrogen-bond acceptors (Lipinski definition) is 2. The Balaban J connectivity index is 1.87. The van der Waals surface area contributed by atoms with Crippen LogP contribution >= 0.6 is 23.2 Å². The minimum Gasteiger partial charge on any atom is -0.387 e. The summed E-state index contributed by atoms with van der Waals surface area (Å²) in [5.74, 6) is 0. The summed E-state index contributed by atoms with van der Waals surface area (Å²) in [6, 6.07) is 5.17. The smallest absolute Gasteiger partial charge is 0.0929 e. The standard InChI is InChI=1S/C14H19Cl2NO/c1-2-14(5-6-14)9-17-8-13(18)11-7-10(15)3-4-12(11)16/h3-4,7,13,17-18H,2,5-6,8-9H2,1H3. The minimum absolute atomic E-state index is 0.484. The minimum atomic E-state index is -0.608. The number of halogens is 2. The van der Waals surface area contributed by atoms with Crippen LogP contribution in [-0.2, 0) is 0 Å². The van der Waals surface area contributed by atoms with E-state index < -0.39 is 6.10 Å². The van der Waals surface area contributed by atoms with E-state index in [1.807, 2.05) is 0 Å². The van der Waals surface area contributed by atoms with Crippen molar-refractivity contribution in [2.24, 2.45) is 5.41 Å². The van der Waals surface area contributed by atoms with E-state index in [2.05, 4.69) is 12.2 Å². The Labute approximate surface area is 118 Å². The lowest BCUT2D eigenvalue weighted by Gasteiger charge is -2.17. The zero-order chi connectivity index (χ0) is 13.2. The Morgan fingerprint density at radius 2 is 2.11 bits per heavy atom. The molecule has 1 aromatic rings. The second-order valence-corrected chi connectivity index (χ2v) is 6.01. The van der Waals surface area contributed by atoms with Gasteiger partial charge in [-0.2, -0.15) is 0 Å². The third kappa shape index (κ3) is 3.39. The van der Waals surface area contributed by atoms with Crippen LogP contribution in [0.5, 0.6) is 0 Å². The van der Waals surface area contributed by atoms with E-state index in [0.717, 1.165) is 6.54 Å². The molecule has 1 saturated carbocycles. The van der Waals surface area contributed by atoms with Crippen LogP contribution in [0.3, 0.4) is 0 Å². The fraction of sp³-hybridized carbons (Fsp3) is 0.571. The van der Waals surface area contributed by atoms with Crippen molar-refractivity contribution < 1.29 is 5.11 Å². The van der Waals surface area contributed by atoms with Crippen LogP contribution in [0.4, 0.5) is 0 Å². The van der Waals surface area contributed by atoms with Crippen LogP contribution in [0, 0.1) is 5.41 Å². The van der Waals surface area contributed by atoms with Crippen LogP contribution in [0.2, 0.25) is 10.0 Å². The zero-order valence-electron chi connectivity index (χ0n) is 10.5. The number of benzene rings is 1. The van der Waals surface area contributed by atoms with Gasteiger partial charge in [-0.3, -0.25) is 0 Å². The highest BCUT2D eigenvalue weighted by atomic mass is 35.5. The van der Waals surface area contributed by atoms with Gasteiger partial charge in [0.1, 0.15) is 0 Å². The zero-order valence-corrected chi connectivity index (χ0v) is 12.1. The van der Waals surface area contributed by atoms with Crippen LogP contribution in [0.1, 0.15) is 37.9 Å². The van der Waals surface area contributed by atoms with Crippen molar-refractivity contribution in [3.05, 3.63) is 33.8 Å². The van der Waals surface area contributed by atoms with E-state index in [4.69, 9.17) is 23.2 Å². The van der Waals surface area contributed by atoms with E-state index >= 15 is 0 Å². The summed E-state index contributed by atoms with van der Waals surface area (Å²) in [6.07, 6.45) is 3.19. The highest BCUT2D eigenvalue weighted by Gasteiger charge is 2.39. The van der Waals surface area contributed by atoms with Crippen molar-refractivity contribution in [3.63, 3.8) is 0 Å². The molecular weight excluding hydrogens is 269 g/mol. The summed E-state index contributed by atoms with van der Waals surface area (Å²) in [4.78, 5) is 0. The van der Waals surface area contributed by atoms with Crippen molar-refractivity contribution in [3.8, 4) is 0 Å². The predicted octanol–water partition coefficient (Wildman–Crippen LogP) is 3.81. The van der Waals surface area contributed by atoms with Gasteiger partial charge in [0.25, 0.3) is 0 Å².